The molecule has 7 nitrogen and oxygen atoms in total. The third-order valence-electron chi connectivity index (χ3n) is 4.80. The zero-order chi connectivity index (χ0) is 18.8. The molecule has 1 aliphatic rings. The van der Waals surface area contributed by atoms with Crippen LogP contribution in [0.3, 0.4) is 0 Å². The number of nitrogens with one attached hydrogen (secondary N) is 1. The number of carbonyl (C=O) groups excluding carboxylic acids is 1. The Bertz CT molecular complexity index is 1000. The van der Waals surface area contributed by atoms with Gasteiger partial charge in [-0.05, 0) is 43.3 Å². The summed E-state index contributed by atoms with van der Waals surface area (Å²) in [5, 5.41) is 2.87. The number of benzene rings is 2. The van der Waals surface area contributed by atoms with E-state index in [0.717, 1.165) is 32.0 Å². The zero-order valence-electron chi connectivity index (χ0n) is 15.1. The number of hydrogen-bond donors (Lipinski definition) is 1. The Morgan fingerprint density at radius 1 is 1.07 bits per heavy atom. The first-order chi connectivity index (χ1) is 13.1. The summed E-state index contributed by atoms with van der Waals surface area (Å²) >= 11 is 0. The molecular weight excluding hydrogens is 346 g/mol. The molecule has 0 bridgehead atoms. The molecule has 4 rings (SSSR count). The normalized spacial score (nSPS) is 15.7. The smallest absolute Gasteiger partial charge is 0.408 e. The van der Waals surface area contributed by atoms with Crippen LogP contribution in [0.15, 0.2) is 57.7 Å². The van der Waals surface area contributed by atoms with Crippen LogP contribution in [-0.4, -0.2) is 36.8 Å². The number of fused-ring (bicyclic) bond motifs is 1. The van der Waals surface area contributed by atoms with E-state index in [1.165, 1.54) is 4.57 Å². The van der Waals surface area contributed by atoms with Gasteiger partial charge in [-0.3, -0.25) is 9.36 Å². The molecule has 1 atom stereocenters. The molecule has 1 aromatic heterocycles. The Hall–Kier alpha value is -3.06. The summed E-state index contributed by atoms with van der Waals surface area (Å²) in [6, 6.07) is 14.1. The number of nitrogens with zero attached hydrogens (tertiary/aromatic N) is 2. The number of carbonyl (C=O) groups is 1. The Kier molecular flexibility index (Phi) is 4.68. The van der Waals surface area contributed by atoms with Gasteiger partial charge in [0.15, 0.2) is 5.58 Å². The molecule has 2 aromatic carbocycles. The van der Waals surface area contributed by atoms with E-state index in [4.69, 9.17) is 9.15 Å². The minimum Gasteiger partial charge on any atom is -0.408 e. The van der Waals surface area contributed by atoms with Crippen molar-refractivity contribution in [3.8, 4) is 0 Å². The largest absolute Gasteiger partial charge is 0.420 e. The molecule has 7 heteroatoms. The van der Waals surface area contributed by atoms with Crippen molar-refractivity contribution in [1.82, 2.24) is 4.57 Å². The van der Waals surface area contributed by atoms with Gasteiger partial charge >= 0.3 is 5.76 Å². The number of morpholine rings is 1. The highest BCUT2D eigenvalue weighted by Gasteiger charge is 2.21. The van der Waals surface area contributed by atoms with Gasteiger partial charge in [0.25, 0.3) is 0 Å². The number of aromatic nitrogens is 1. The molecule has 1 saturated heterocycles. The SMILES string of the molecule is CC(C(=O)Nc1ccc(N2CCOCC2)cc1)n1c(=O)oc2ccccc21. The van der Waals surface area contributed by atoms with Crippen LogP contribution in [0.2, 0.25) is 0 Å². The monoisotopic (exact) mass is 367 g/mol. The fourth-order valence-electron chi connectivity index (χ4n) is 3.29. The van der Waals surface area contributed by atoms with Crippen LogP contribution in [0.5, 0.6) is 0 Å². The van der Waals surface area contributed by atoms with Gasteiger partial charge in [0.1, 0.15) is 6.04 Å². The van der Waals surface area contributed by atoms with Crippen molar-refractivity contribution >= 4 is 28.4 Å². The van der Waals surface area contributed by atoms with Crippen LogP contribution in [0.4, 0.5) is 11.4 Å². The van der Waals surface area contributed by atoms with E-state index in [9.17, 15) is 9.59 Å². The van der Waals surface area contributed by atoms with Gasteiger partial charge in [-0.2, -0.15) is 0 Å². The van der Waals surface area contributed by atoms with Crippen LogP contribution in [-0.2, 0) is 9.53 Å². The van der Waals surface area contributed by atoms with Crippen molar-refractivity contribution in [3.05, 3.63) is 59.1 Å². The molecule has 0 radical (unpaired) electrons. The van der Waals surface area contributed by atoms with Gasteiger partial charge in [0.05, 0.1) is 18.7 Å². The molecule has 1 N–H and O–H groups in total. The van der Waals surface area contributed by atoms with Crippen molar-refractivity contribution in [2.24, 2.45) is 0 Å². The highest BCUT2D eigenvalue weighted by molar-refractivity contribution is 5.94. The van der Waals surface area contributed by atoms with Crippen LogP contribution in [0.1, 0.15) is 13.0 Å². The summed E-state index contributed by atoms with van der Waals surface area (Å²) < 4.78 is 11.9. The second kappa shape index (κ2) is 7.28. The van der Waals surface area contributed by atoms with Gasteiger partial charge in [-0.1, -0.05) is 12.1 Å². The Balaban J connectivity index is 1.49. The zero-order valence-corrected chi connectivity index (χ0v) is 15.1. The molecule has 0 aliphatic carbocycles. The van der Waals surface area contributed by atoms with Gasteiger partial charge in [0.2, 0.25) is 5.91 Å². The second-order valence-corrected chi connectivity index (χ2v) is 6.52. The molecular formula is C20H21N3O4. The van der Waals surface area contributed by atoms with E-state index in [-0.39, 0.29) is 5.91 Å². The van der Waals surface area contributed by atoms with Gasteiger partial charge in [-0.15, -0.1) is 0 Å². The van der Waals surface area contributed by atoms with Gasteiger partial charge in [0, 0.05) is 24.5 Å². The fourth-order valence-corrected chi connectivity index (χ4v) is 3.29. The Morgan fingerprint density at radius 2 is 1.78 bits per heavy atom. The van der Waals surface area contributed by atoms with Crippen molar-refractivity contribution < 1.29 is 13.9 Å². The fraction of sp³-hybridized carbons (Fsp3) is 0.300. The van der Waals surface area contributed by atoms with Crippen molar-refractivity contribution in [2.45, 2.75) is 13.0 Å². The van der Waals surface area contributed by atoms with Crippen LogP contribution in [0.25, 0.3) is 11.1 Å². The summed E-state index contributed by atoms with van der Waals surface area (Å²) in [7, 11) is 0. The minimum atomic E-state index is -0.694. The third kappa shape index (κ3) is 3.46. The topological polar surface area (TPSA) is 76.7 Å². The number of anilines is 2. The molecule has 140 valence electrons. The first-order valence-electron chi connectivity index (χ1n) is 8.97. The number of oxazole rings is 1. The van der Waals surface area contributed by atoms with E-state index in [1.54, 1.807) is 25.1 Å². The van der Waals surface area contributed by atoms with Crippen molar-refractivity contribution in [2.75, 3.05) is 36.5 Å². The summed E-state index contributed by atoms with van der Waals surface area (Å²) in [4.78, 5) is 27.1. The molecule has 27 heavy (non-hydrogen) atoms. The highest BCUT2D eigenvalue weighted by atomic mass is 16.5. The standard InChI is InChI=1S/C20H21N3O4/c1-14(23-17-4-2-3-5-18(17)27-20(23)25)19(24)21-15-6-8-16(9-7-15)22-10-12-26-13-11-22/h2-9,14H,10-13H2,1H3,(H,21,24). The van der Waals surface area contributed by atoms with E-state index < -0.39 is 11.8 Å². The number of hydrogen-bond acceptors (Lipinski definition) is 5. The lowest BCUT2D eigenvalue weighted by Gasteiger charge is -2.29. The summed E-state index contributed by atoms with van der Waals surface area (Å²) in [5.41, 5.74) is 2.86. The predicted octanol–water partition coefficient (Wildman–Crippen LogP) is 2.63. The predicted molar refractivity (Wildman–Crippen MR) is 103 cm³/mol. The van der Waals surface area contributed by atoms with E-state index in [2.05, 4.69) is 10.2 Å². The van der Waals surface area contributed by atoms with Crippen molar-refractivity contribution in [1.29, 1.82) is 0 Å². The Labute approximate surface area is 156 Å². The second-order valence-electron chi connectivity index (χ2n) is 6.52. The van der Waals surface area contributed by atoms with Crippen LogP contribution in [0, 0.1) is 0 Å². The van der Waals surface area contributed by atoms with Crippen molar-refractivity contribution in [3.63, 3.8) is 0 Å². The lowest BCUT2D eigenvalue weighted by molar-refractivity contribution is -0.118. The molecule has 1 fully saturated rings. The lowest BCUT2D eigenvalue weighted by atomic mass is 10.2. The first kappa shape index (κ1) is 17.4. The number of ether oxygens (including phenoxy) is 1. The first-order valence-corrected chi connectivity index (χ1v) is 8.97. The summed E-state index contributed by atoms with van der Waals surface area (Å²) in [6.45, 7) is 4.85. The van der Waals surface area contributed by atoms with Gasteiger partial charge < -0.3 is 19.4 Å². The van der Waals surface area contributed by atoms with E-state index in [0.29, 0.717) is 16.8 Å². The molecule has 0 spiro atoms. The maximum atomic E-state index is 12.7. The maximum Gasteiger partial charge on any atom is 0.420 e. The highest BCUT2D eigenvalue weighted by Crippen LogP contribution is 2.21. The average Bonchev–Trinajstić information content (AvgIpc) is 3.04. The third-order valence-corrected chi connectivity index (χ3v) is 4.80. The van der Waals surface area contributed by atoms with E-state index in [1.807, 2.05) is 30.3 Å². The maximum absolute atomic E-state index is 12.7. The average molecular weight is 367 g/mol. The molecule has 1 unspecified atom stereocenters. The lowest BCUT2D eigenvalue weighted by Crippen LogP contribution is -2.36. The number of para-hydroxylation sites is 2. The minimum absolute atomic E-state index is 0.275. The quantitative estimate of drug-likeness (QED) is 0.767. The molecule has 3 aromatic rings. The molecule has 2 heterocycles. The molecule has 0 saturated carbocycles. The molecule has 1 aliphatic heterocycles. The summed E-state index contributed by atoms with van der Waals surface area (Å²) in [5.74, 6) is -0.815. The van der Waals surface area contributed by atoms with Crippen LogP contribution >= 0.6 is 0 Å². The summed E-state index contributed by atoms with van der Waals surface area (Å²) in [6.07, 6.45) is 0. The van der Waals surface area contributed by atoms with E-state index >= 15 is 0 Å². The number of rotatable bonds is 4. The Morgan fingerprint density at radius 3 is 2.52 bits per heavy atom. The van der Waals surface area contributed by atoms with Gasteiger partial charge in [-0.25, -0.2) is 4.79 Å². The van der Waals surface area contributed by atoms with Crippen LogP contribution < -0.4 is 16.0 Å². The molecule has 1 amide bonds. The number of amides is 1.